The SMILES string of the molecule is Nc1ncoc1C=O. The number of carbonyl (C=O) groups excluding carboxylic acids is 1. The Balaban J connectivity index is 3.09. The van der Waals surface area contributed by atoms with Crippen LogP contribution < -0.4 is 5.73 Å². The third kappa shape index (κ3) is 0.556. The second-order valence-corrected chi connectivity index (χ2v) is 1.22. The van der Waals surface area contributed by atoms with E-state index in [9.17, 15) is 4.79 Å². The van der Waals surface area contributed by atoms with Crippen molar-refractivity contribution in [1.82, 2.24) is 4.98 Å². The summed E-state index contributed by atoms with van der Waals surface area (Å²) in [4.78, 5) is 13.3. The summed E-state index contributed by atoms with van der Waals surface area (Å²) in [5, 5.41) is 0. The lowest BCUT2D eigenvalue weighted by atomic mass is 10.5. The van der Waals surface area contributed by atoms with Gasteiger partial charge in [0.15, 0.2) is 18.5 Å². The van der Waals surface area contributed by atoms with Crippen molar-refractivity contribution in [1.29, 1.82) is 0 Å². The maximum Gasteiger partial charge on any atom is 0.210 e. The monoisotopic (exact) mass is 112 g/mol. The molecule has 4 heteroatoms. The van der Waals surface area contributed by atoms with E-state index in [-0.39, 0.29) is 11.6 Å². The van der Waals surface area contributed by atoms with Gasteiger partial charge in [0.25, 0.3) is 0 Å². The van der Waals surface area contributed by atoms with E-state index >= 15 is 0 Å². The van der Waals surface area contributed by atoms with Crippen molar-refractivity contribution in [2.24, 2.45) is 0 Å². The third-order valence-electron chi connectivity index (χ3n) is 0.731. The van der Waals surface area contributed by atoms with E-state index in [1.54, 1.807) is 0 Å². The zero-order valence-electron chi connectivity index (χ0n) is 4.00. The van der Waals surface area contributed by atoms with Gasteiger partial charge in [0.05, 0.1) is 0 Å². The maximum atomic E-state index is 9.87. The molecule has 0 bridgehead atoms. The third-order valence-corrected chi connectivity index (χ3v) is 0.731. The Morgan fingerprint density at radius 2 is 2.62 bits per heavy atom. The number of rotatable bonds is 1. The highest BCUT2D eigenvalue weighted by Crippen LogP contribution is 2.02. The summed E-state index contributed by atoms with van der Waals surface area (Å²) >= 11 is 0. The Hall–Kier alpha value is -1.32. The number of nitrogen functional groups attached to an aromatic ring is 1. The van der Waals surface area contributed by atoms with Gasteiger partial charge in [-0.05, 0) is 0 Å². The van der Waals surface area contributed by atoms with E-state index < -0.39 is 0 Å². The highest BCUT2D eigenvalue weighted by Gasteiger charge is 1.98. The van der Waals surface area contributed by atoms with Crippen LogP contribution in [0.15, 0.2) is 10.8 Å². The molecular weight excluding hydrogens is 108 g/mol. The predicted molar refractivity (Wildman–Crippen MR) is 26.3 cm³/mol. The van der Waals surface area contributed by atoms with Gasteiger partial charge < -0.3 is 10.2 Å². The first-order chi connectivity index (χ1) is 3.84. The number of aldehydes is 1. The first kappa shape index (κ1) is 4.83. The van der Waals surface area contributed by atoms with E-state index in [2.05, 4.69) is 9.40 Å². The number of nitrogens with zero attached hydrogens (tertiary/aromatic N) is 1. The van der Waals surface area contributed by atoms with Crippen LogP contribution in [0.2, 0.25) is 0 Å². The molecule has 0 saturated heterocycles. The molecule has 0 unspecified atom stereocenters. The molecule has 2 N–H and O–H groups in total. The zero-order valence-corrected chi connectivity index (χ0v) is 4.00. The summed E-state index contributed by atoms with van der Waals surface area (Å²) < 4.78 is 4.51. The van der Waals surface area contributed by atoms with E-state index in [0.29, 0.717) is 6.29 Å². The fourth-order valence-electron chi connectivity index (χ4n) is 0.352. The number of oxazole rings is 1. The van der Waals surface area contributed by atoms with Crippen molar-refractivity contribution in [3.63, 3.8) is 0 Å². The molecule has 1 heterocycles. The van der Waals surface area contributed by atoms with Crippen LogP contribution in [0.5, 0.6) is 0 Å². The fraction of sp³-hybridized carbons (Fsp3) is 0. The minimum absolute atomic E-state index is 0.0880. The minimum Gasteiger partial charge on any atom is -0.438 e. The van der Waals surface area contributed by atoms with Gasteiger partial charge in [0.2, 0.25) is 5.76 Å². The Morgan fingerprint density at radius 1 is 1.88 bits per heavy atom. The van der Waals surface area contributed by atoms with Crippen LogP contribution in [0, 0.1) is 0 Å². The molecule has 1 rings (SSSR count). The first-order valence-electron chi connectivity index (χ1n) is 1.98. The van der Waals surface area contributed by atoms with Crippen molar-refractivity contribution in [3.8, 4) is 0 Å². The summed E-state index contributed by atoms with van der Waals surface area (Å²) in [7, 11) is 0. The van der Waals surface area contributed by atoms with Crippen LogP contribution >= 0.6 is 0 Å². The average molecular weight is 112 g/mol. The standard InChI is InChI=1S/C4H4N2O2/c5-4-3(1-7)8-2-6-4/h1-2H,5H2. The molecule has 0 aliphatic heterocycles. The smallest absolute Gasteiger partial charge is 0.210 e. The largest absolute Gasteiger partial charge is 0.438 e. The molecule has 0 spiro atoms. The molecule has 1 aromatic heterocycles. The fourth-order valence-corrected chi connectivity index (χ4v) is 0.352. The number of hydrogen-bond donors (Lipinski definition) is 1. The number of hydrogen-bond acceptors (Lipinski definition) is 4. The van der Waals surface area contributed by atoms with Gasteiger partial charge in [0, 0.05) is 0 Å². The van der Waals surface area contributed by atoms with Crippen LogP contribution in [-0.4, -0.2) is 11.3 Å². The molecule has 0 aliphatic rings. The lowest BCUT2D eigenvalue weighted by Crippen LogP contribution is -1.87. The molecule has 0 fully saturated rings. The molecule has 0 amide bonds. The van der Waals surface area contributed by atoms with Crippen LogP contribution in [-0.2, 0) is 0 Å². The van der Waals surface area contributed by atoms with Crippen molar-refractivity contribution in [2.75, 3.05) is 5.73 Å². The maximum absolute atomic E-state index is 9.87. The first-order valence-corrected chi connectivity index (χ1v) is 1.98. The molecule has 0 saturated carbocycles. The lowest BCUT2D eigenvalue weighted by Gasteiger charge is -1.76. The van der Waals surface area contributed by atoms with E-state index in [4.69, 9.17) is 5.73 Å². The highest BCUT2D eigenvalue weighted by molar-refractivity contribution is 5.76. The molecule has 0 aromatic carbocycles. The Bertz CT molecular complexity index is 194. The van der Waals surface area contributed by atoms with Gasteiger partial charge in [-0.15, -0.1) is 0 Å². The molecule has 0 radical (unpaired) electrons. The molecule has 1 aromatic rings. The average Bonchev–Trinajstić information content (AvgIpc) is 2.14. The van der Waals surface area contributed by atoms with Crippen LogP contribution in [0.4, 0.5) is 5.82 Å². The van der Waals surface area contributed by atoms with Crippen molar-refractivity contribution < 1.29 is 9.21 Å². The van der Waals surface area contributed by atoms with E-state index in [1.807, 2.05) is 0 Å². The summed E-state index contributed by atoms with van der Waals surface area (Å²) in [5.41, 5.74) is 5.11. The van der Waals surface area contributed by atoms with Gasteiger partial charge in [-0.2, -0.15) is 4.98 Å². The second kappa shape index (κ2) is 1.65. The quantitative estimate of drug-likeness (QED) is 0.522. The Labute approximate surface area is 45.3 Å². The molecule has 4 nitrogen and oxygen atoms in total. The highest BCUT2D eigenvalue weighted by atomic mass is 16.3. The molecule has 0 aliphatic carbocycles. The predicted octanol–water partition coefficient (Wildman–Crippen LogP) is 0.0693. The second-order valence-electron chi connectivity index (χ2n) is 1.22. The minimum atomic E-state index is 0.0880. The van der Waals surface area contributed by atoms with Crippen LogP contribution in [0.25, 0.3) is 0 Å². The summed E-state index contributed by atoms with van der Waals surface area (Å²) in [5.74, 6) is 0.227. The van der Waals surface area contributed by atoms with Crippen molar-refractivity contribution in [3.05, 3.63) is 12.2 Å². The number of carbonyl (C=O) groups is 1. The summed E-state index contributed by atoms with van der Waals surface area (Å²) in [6.07, 6.45) is 1.64. The lowest BCUT2D eigenvalue weighted by molar-refractivity contribution is 0.110. The van der Waals surface area contributed by atoms with E-state index in [1.165, 1.54) is 0 Å². The normalized spacial score (nSPS) is 9.00. The van der Waals surface area contributed by atoms with Gasteiger partial charge in [-0.1, -0.05) is 0 Å². The number of aromatic nitrogens is 1. The molecule has 0 atom stereocenters. The molecule has 8 heavy (non-hydrogen) atoms. The summed E-state index contributed by atoms with van der Waals surface area (Å²) in [6, 6.07) is 0. The van der Waals surface area contributed by atoms with Gasteiger partial charge in [0.1, 0.15) is 0 Å². The number of nitrogens with two attached hydrogens (primary N) is 1. The topological polar surface area (TPSA) is 69.1 Å². The van der Waals surface area contributed by atoms with Gasteiger partial charge in [-0.3, -0.25) is 4.79 Å². The number of anilines is 1. The van der Waals surface area contributed by atoms with Gasteiger partial charge >= 0.3 is 0 Å². The van der Waals surface area contributed by atoms with Crippen LogP contribution in [0.3, 0.4) is 0 Å². The zero-order chi connectivity index (χ0) is 5.98. The Morgan fingerprint density at radius 3 is 2.88 bits per heavy atom. The Kier molecular flexibility index (Phi) is 0.997. The molecular formula is C4H4N2O2. The van der Waals surface area contributed by atoms with Gasteiger partial charge in [-0.25, -0.2) is 0 Å². The summed E-state index contributed by atoms with van der Waals surface area (Å²) in [6.45, 7) is 0. The van der Waals surface area contributed by atoms with Crippen molar-refractivity contribution >= 4 is 12.1 Å². The van der Waals surface area contributed by atoms with E-state index in [0.717, 1.165) is 6.39 Å². The van der Waals surface area contributed by atoms with Crippen molar-refractivity contribution in [2.45, 2.75) is 0 Å². The van der Waals surface area contributed by atoms with Crippen LogP contribution in [0.1, 0.15) is 10.6 Å². The molecule has 42 valence electrons.